The molecule has 0 saturated carbocycles. The second-order valence-electron chi connectivity index (χ2n) is 18.9. The summed E-state index contributed by atoms with van der Waals surface area (Å²) in [4.78, 5) is 9.53. The molecule has 0 unspecified atom stereocenters. The molecule has 0 aliphatic heterocycles. The first kappa shape index (κ1) is 44.3. The second-order valence-corrected chi connectivity index (χ2v) is 18.9. The Morgan fingerprint density at radius 2 is 0.472 bits per heavy atom. The van der Waals surface area contributed by atoms with Crippen molar-refractivity contribution in [3.05, 3.63) is 228 Å². The van der Waals surface area contributed by atoms with Crippen LogP contribution in [0.1, 0.15) is 45.3 Å². The molecule has 8 aromatic carbocycles. The molecule has 0 spiro atoms. The monoisotopic (exact) mass is 942 g/mol. The van der Waals surface area contributed by atoms with Gasteiger partial charge in [0.05, 0.1) is 70.6 Å². The molecule has 4 heterocycles. The first-order valence-electron chi connectivity index (χ1n) is 24.5. The molecule has 354 valence electrons. The molecule has 0 radical (unpaired) electrons. The van der Waals surface area contributed by atoms with Crippen LogP contribution in [0, 0.1) is 55.4 Å². The fraction of sp³-hybridized carbons (Fsp3) is 0.125. The lowest BCUT2D eigenvalue weighted by Gasteiger charge is -2.34. The van der Waals surface area contributed by atoms with Crippen LogP contribution in [0.15, 0.2) is 200 Å². The van der Waals surface area contributed by atoms with Gasteiger partial charge in [-0.2, -0.15) is 0 Å². The molecule has 8 heteroatoms. The number of hydrogen-bond acceptors (Lipinski definition) is 8. The molecule has 0 fully saturated rings. The number of benzene rings is 8. The number of anilines is 12. The normalized spacial score (nSPS) is 11.6. The van der Waals surface area contributed by atoms with Gasteiger partial charge in [0, 0.05) is 77.3 Å². The van der Waals surface area contributed by atoms with Gasteiger partial charge in [-0.15, -0.1) is 0 Å². The molecule has 0 atom stereocenters. The molecule has 8 nitrogen and oxygen atoms in total. The SMILES string of the molecule is Cc1coc(C)c1N(c1ccccc1)c1cc(N(c2ccccc2)c2c(C)coc2C)c2ccc3c(N(c4ccccc4)c4c(C)coc4C)cc(N(c4ccccc4)c4c(C)coc4C)c4ccc1c2c43. The van der Waals surface area contributed by atoms with E-state index in [9.17, 15) is 0 Å². The molecule has 12 rings (SSSR count). The molecular formula is C64H54N4O4. The largest absolute Gasteiger partial charge is 0.467 e. The van der Waals surface area contributed by atoms with Gasteiger partial charge in [0.1, 0.15) is 23.0 Å². The van der Waals surface area contributed by atoms with Crippen molar-refractivity contribution >= 4 is 101 Å². The number of nitrogens with zero attached hydrogens (tertiary/aromatic N) is 4. The van der Waals surface area contributed by atoms with Gasteiger partial charge in [-0.1, -0.05) is 97.1 Å². The van der Waals surface area contributed by atoms with E-state index < -0.39 is 0 Å². The Bertz CT molecular complexity index is 3340. The van der Waals surface area contributed by atoms with Crippen molar-refractivity contribution in [1.82, 2.24) is 0 Å². The van der Waals surface area contributed by atoms with Crippen molar-refractivity contribution in [2.75, 3.05) is 19.6 Å². The minimum Gasteiger partial charge on any atom is -0.467 e. The topological polar surface area (TPSA) is 65.5 Å². The summed E-state index contributed by atoms with van der Waals surface area (Å²) < 4.78 is 25.1. The molecule has 72 heavy (non-hydrogen) atoms. The zero-order chi connectivity index (χ0) is 49.4. The second kappa shape index (κ2) is 17.5. The van der Waals surface area contributed by atoms with Crippen LogP contribution in [-0.2, 0) is 0 Å². The van der Waals surface area contributed by atoms with Crippen molar-refractivity contribution in [1.29, 1.82) is 0 Å². The summed E-state index contributed by atoms with van der Waals surface area (Å²) in [7, 11) is 0. The third-order valence-electron chi connectivity index (χ3n) is 14.2. The number of furan rings is 4. The fourth-order valence-electron chi connectivity index (χ4n) is 11.1. The maximum Gasteiger partial charge on any atom is 0.124 e. The highest BCUT2D eigenvalue weighted by Crippen LogP contribution is 2.56. The van der Waals surface area contributed by atoms with Crippen LogP contribution < -0.4 is 19.6 Å². The third kappa shape index (κ3) is 7.04. The molecule has 4 aromatic heterocycles. The van der Waals surface area contributed by atoms with Crippen molar-refractivity contribution < 1.29 is 17.7 Å². The van der Waals surface area contributed by atoms with Gasteiger partial charge in [-0.05, 0) is 116 Å². The van der Waals surface area contributed by atoms with E-state index in [1.807, 2.05) is 25.1 Å². The van der Waals surface area contributed by atoms with Gasteiger partial charge in [-0.3, -0.25) is 0 Å². The van der Waals surface area contributed by atoms with Crippen molar-refractivity contribution in [2.24, 2.45) is 0 Å². The van der Waals surface area contributed by atoms with Crippen molar-refractivity contribution in [3.63, 3.8) is 0 Å². The summed E-state index contributed by atoms with van der Waals surface area (Å²) in [5.74, 6) is 3.29. The van der Waals surface area contributed by atoms with Crippen LogP contribution in [0.2, 0.25) is 0 Å². The van der Waals surface area contributed by atoms with E-state index in [4.69, 9.17) is 17.7 Å². The summed E-state index contributed by atoms with van der Waals surface area (Å²) in [5.41, 5.74) is 16.1. The first-order chi connectivity index (χ1) is 35.1. The van der Waals surface area contributed by atoms with Crippen molar-refractivity contribution in [3.8, 4) is 0 Å². The predicted octanol–water partition coefficient (Wildman–Crippen LogP) is 19.3. The third-order valence-corrected chi connectivity index (χ3v) is 14.2. The van der Waals surface area contributed by atoms with E-state index in [0.717, 1.165) is 146 Å². The van der Waals surface area contributed by atoms with Gasteiger partial charge in [0.25, 0.3) is 0 Å². The Morgan fingerprint density at radius 3 is 0.653 bits per heavy atom. The molecule has 0 N–H and O–H groups in total. The Morgan fingerprint density at radius 1 is 0.264 bits per heavy atom. The maximum absolute atomic E-state index is 6.27. The van der Waals surface area contributed by atoms with E-state index in [2.05, 4.69) is 233 Å². The lowest BCUT2D eigenvalue weighted by Crippen LogP contribution is -2.17. The summed E-state index contributed by atoms with van der Waals surface area (Å²) >= 11 is 0. The molecule has 0 aliphatic rings. The molecule has 0 bridgehead atoms. The van der Waals surface area contributed by atoms with Gasteiger partial charge in [-0.25, -0.2) is 0 Å². The maximum atomic E-state index is 6.27. The lowest BCUT2D eigenvalue weighted by molar-refractivity contribution is 0.533. The molecular weight excluding hydrogens is 889 g/mol. The van der Waals surface area contributed by atoms with Crippen LogP contribution in [-0.4, -0.2) is 0 Å². The van der Waals surface area contributed by atoms with Crippen molar-refractivity contribution in [2.45, 2.75) is 55.4 Å². The van der Waals surface area contributed by atoms with Crippen LogP contribution in [0.4, 0.5) is 68.2 Å². The number of rotatable bonds is 12. The zero-order valence-corrected chi connectivity index (χ0v) is 41.7. The summed E-state index contributed by atoms with van der Waals surface area (Å²) in [6, 6.07) is 56.6. The highest BCUT2D eigenvalue weighted by Gasteiger charge is 2.32. The average molecular weight is 943 g/mol. The van der Waals surface area contributed by atoms with E-state index in [1.165, 1.54) is 0 Å². The fourth-order valence-corrected chi connectivity index (χ4v) is 11.1. The Balaban J connectivity index is 1.32. The van der Waals surface area contributed by atoms with E-state index >= 15 is 0 Å². The molecule has 0 amide bonds. The molecule has 12 aromatic rings. The van der Waals surface area contributed by atoms with Gasteiger partial charge < -0.3 is 37.3 Å². The Kier molecular flexibility index (Phi) is 10.8. The quantitative estimate of drug-likeness (QED) is 0.112. The van der Waals surface area contributed by atoms with Crippen LogP contribution >= 0.6 is 0 Å². The average Bonchev–Trinajstić information content (AvgIpc) is 4.14. The molecule has 0 saturated heterocycles. The first-order valence-corrected chi connectivity index (χ1v) is 24.5. The van der Waals surface area contributed by atoms with E-state index in [1.54, 1.807) is 0 Å². The minimum atomic E-state index is 0.823. The summed E-state index contributed by atoms with van der Waals surface area (Å²) in [5, 5.41) is 6.55. The van der Waals surface area contributed by atoms with E-state index in [-0.39, 0.29) is 0 Å². The molecule has 0 aliphatic carbocycles. The van der Waals surface area contributed by atoms with Gasteiger partial charge in [0.2, 0.25) is 0 Å². The van der Waals surface area contributed by atoms with Gasteiger partial charge in [0.15, 0.2) is 0 Å². The number of para-hydroxylation sites is 4. The summed E-state index contributed by atoms with van der Waals surface area (Å²) in [6.07, 6.45) is 7.45. The minimum absolute atomic E-state index is 0.823. The van der Waals surface area contributed by atoms with E-state index in [0.29, 0.717) is 0 Å². The lowest BCUT2D eigenvalue weighted by atomic mass is 9.89. The Labute approximate surface area is 419 Å². The predicted molar refractivity (Wildman–Crippen MR) is 296 cm³/mol. The number of aryl methyl sites for hydroxylation is 8. The van der Waals surface area contributed by atoms with Crippen LogP contribution in [0.5, 0.6) is 0 Å². The Hall–Kier alpha value is -8.88. The highest BCUT2D eigenvalue weighted by atomic mass is 16.3. The van der Waals surface area contributed by atoms with Gasteiger partial charge >= 0.3 is 0 Å². The smallest absolute Gasteiger partial charge is 0.124 e. The summed E-state index contributed by atoms with van der Waals surface area (Å²) in [6.45, 7) is 16.7. The number of hydrogen-bond donors (Lipinski definition) is 0. The standard InChI is InChI=1S/C64H54N4O4/c1-39-35-69-43(5)61(39)65(47-21-13-9-14-22-47)55-33-56(66(48-23-15-10-16-24-48)62-40(2)36-70-44(62)6)52-31-32-54-58(68(50-27-19-12-20-28-50)64-42(4)38-72-46(64)8)34-57(53-30-29-51(55)59(52)60(53)54)67(49-25-17-11-18-26-49)63-41(3)37-71-45(63)7/h9-38H,1-8H3. The zero-order valence-electron chi connectivity index (χ0n) is 41.7. The van der Waals surface area contributed by atoms with Crippen LogP contribution in [0.3, 0.4) is 0 Å². The van der Waals surface area contributed by atoms with Crippen LogP contribution in [0.25, 0.3) is 32.3 Å². The highest BCUT2D eigenvalue weighted by molar-refractivity contribution is 6.33.